The molecule has 0 spiro atoms. The van der Waals surface area contributed by atoms with Gasteiger partial charge in [0.15, 0.2) is 0 Å². The highest BCUT2D eigenvalue weighted by atomic mass is 16.5. The molecule has 5 heterocycles. The molecule has 0 saturated carbocycles. The van der Waals surface area contributed by atoms with Gasteiger partial charge < -0.3 is 24.7 Å². The minimum Gasteiger partial charge on any atom is -0.496 e. The van der Waals surface area contributed by atoms with Crippen LogP contribution in [0.3, 0.4) is 0 Å². The van der Waals surface area contributed by atoms with Gasteiger partial charge in [-0.2, -0.15) is 5.10 Å². The second-order valence-corrected chi connectivity index (χ2v) is 14.4. The minimum atomic E-state index is -0.395. The number of aryl methyl sites for hydroxylation is 1. The van der Waals surface area contributed by atoms with E-state index in [2.05, 4.69) is 48.1 Å². The number of methoxy groups -OCH3 is 2. The third-order valence-electron chi connectivity index (χ3n) is 11.0. The second-order valence-electron chi connectivity index (χ2n) is 14.4. The number of nitrogens with zero attached hydrogens (tertiary/aromatic N) is 4. The number of H-pyrrole nitrogens is 1. The maximum absolute atomic E-state index is 13.1. The number of hydrogen-bond donors (Lipinski definition) is 4. The van der Waals surface area contributed by atoms with Gasteiger partial charge >= 0.3 is 0 Å². The number of hydrogen-bond acceptors (Lipinski definition) is 10. The molecule has 14 nitrogen and oxygen atoms in total. The number of carbonyl (C=O) groups is 3. The van der Waals surface area contributed by atoms with Crippen LogP contribution in [0.15, 0.2) is 53.6 Å². The number of amides is 3. The molecule has 14 heteroatoms. The summed E-state index contributed by atoms with van der Waals surface area (Å²) in [5.41, 5.74) is 5.12. The van der Waals surface area contributed by atoms with Crippen LogP contribution in [0.5, 0.6) is 11.5 Å². The third-order valence-corrected chi connectivity index (χ3v) is 11.0. The van der Waals surface area contributed by atoms with Crippen molar-refractivity contribution in [1.29, 1.82) is 0 Å². The summed E-state index contributed by atoms with van der Waals surface area (Å²) in [4.78, 5) is 53.8. The van der Waals surface area contributed by atoms with E-state index < -0.39 is 6.04 Å². The van der Waals surface area contributed by atoms with Gasteiger partial charge in [0, 0.05) is 62.0 Å². The average Bonchev–Trinajstić information content (AvgIpc) is 3.66. The number of aromatic nitrogens is 3. The lowest BCUT2D eigenvalue weighted by atomic mass is 9.89. The smallest absolute Gasteiger partial charge is 0.276 e. The number of benzene rings is 2. The van der Waals surface area contributed by atoms with Crippen molar-refractivity contribution in [3.05, 3.63) is 70.3 Å². The van der Waals surface area contributed by atoms with Crippen LogP contribution in [-0.2, 0) is 28.0 Å². The third kappa shape index (κ3) is 8.08. The highest BCUT2D eigenvalue weighted by Gasteiger charge is 2.28. The van der Waals surface area contributed by atoms with Crippen molar-refractivity contribution >= 4 is 34.3 Å². The number of imide groups is 1. The van der Waals surface area contributed by atoms with Crippen molar-refractivity contribution in [2.24, 2.45) is 7.05 Å². The Balaban J connectivity index is 0.873. The number of anilines is 1. The van der Waals surface area contributed by atoms with Gasteiger partial charge in [-0.1, -0.05) is 12.1 Å². The van der Waals surface area contributed by atoms with Crippen LogP contribution in [-0.4, -0.2) is 101 Å². The van der Waals surface area contributed by atoms with Crippen LogP contribution in [0.2, 0.25) is 0 Å². The highest BCUT2D eigenvalue weighted by Crippen LogP contribution is 2.38. The van der Waals surface area contributed by atoms with E-state index in [1.807, 2.05) is 30.5 Å². The van der Waals surface area contributed by atoms with E-state index in [1.54, 1.807) is 32.0 Å². The molecule has 0 radical (unpaired) electrons. The highest BCUT2D eigenvalue weighted by molar-refractivity contribution is 6.01. The van der Waals surface area contributed by atoms with Gasteiger partial charge in [-0.15, -0.1) is 0 Å². The lowest BCUT2D eigenvalue weighted by Crippen LogP contribution is -2.48. The lowest BCUT2D eigenvalue weighted by molar-refractivity contribution is -0.133. The number of nitrogens with one attached hydrogen (secondary N) is 4. The Morgan fingerprint density at radius 2 is 1.60 bits per heavy atom. The van der Waals surface area contributed by atoms with Gasteiger partial charge in [-0.25, -0.2) is 0 Å². The van der Waals surface area contributed by atoms with Gasteiger partial charge in [0.25, 0.3) is 5.56 Å². The summed E-state index contributed by atoms with van der Waals surface area (Å²) in [6.45, 7) is 4.46. The van der Waals surface area contributed by atoms with Crippen LogP contribution >= 0.6 is 0 Å². The molecule has 2 aromatic carbocycles. The summed E-state index contributed by atoms with van der Waals surface area (Å²) >= 11 is 0. The summed E-state index contributed by atoms with van der Waals surface area (Å²) < 4.78 is 13.3. The molecule has 3 saturated heterocycles. The van der Waals surface area contributed by atoms with Crippen LogP contribution in [0.25, 0.3) is 22.0 Å². The van der Waals surface area contributed by atoms with E-state index in [4.69, 9.17) is 9.47 Å². The minimum absolute atomic E-state index is 0.0786. The van der Waals surface area contributed by atoms with Crippen molar-refractivity contribution in [1.82, 2.24) is 35.2 Å². The van der Waals surface area contributed by atoms with E-state index >= 15 is 0 Å². The number of likely N-dealkylation sites (tertiary alicyclic amines) is 2. The van der Waals surface area contributed by atoms with E-state index in [1.165, 1.54) is 5.56 Å². The number of fused-ring (bicyclic) bond motifs is 1. The molecule has 4 N–H and O–H groups in total. The predicted molar refractivity (Wildman–Crippen MR) is 201 cm³/mol. The van der Waals surface area contributed by atoms with E-state index in [-0.39, 0.29) is 29.3 Å². The maximum atomic E-state index is 13.1. The summed E-state index contributed by atoms with van der Waals surface area (Å²) in [6.07, 6.45) is 8.01. The van der Waals surface area contributed by atoms with Crippen molar-refractivity contribution in [3.63, 3.8) is 0 Å². The Kier molecular flexibility index (Phi) is 10.8. The normalized spacial score (nSPS) is 19.3. The van der Waals surface area contributed by atoms with Crippen molar-refractivity contribution < 1.29 is 23.9 Å². The first-order valence-electron chi connectivity index (χ1n) is 18.4. The van der Waals surface area contributed by atoms with Crippen LogP contribution < -0.4 is 31.0 Å². The number of piperidine rings is 3. The number of rotatable bonds is 11. The second kappa shape index (κ2) is 15.8. The Bertz CT molecular complexity index is 2000. The van der Waals surface area contributed by atoms with Gasteiger partial charge in [-0.3, -0.25) is 39.4 Å². The summed E-state index contributed by atoms with van der Waals surface area (Å²) in [5.74, 6) is 1.44. The fourth-order valence-electron chi connectivity index (χ4n) is 7.92. The molecule has 3 fully saturated rings. The molecule has 0 aliphatic carbocycles. The first-order valence-corrected chi connectivity index (χ1v) is 18.4. The molecule has 1 atom stereocenters. The zero-order valence-corrected chi connectivity index (χ0v) is 30.6. The largest absolute Gasteiger partial charge is 0.496 e. The summed E-state index contributed by atoms with van der Waals surface area (Å²) in [6, 6.07) is 11.9. The SMILES string of the molecule is COc1cc(-c2cn(C)c(=O)c3[nH]ncc23)cc(OC)c1CN1CCC(NC(=O)CN2CCC(c3ccc(NC4CCC(=O)NC4=O)cc3)CC2)CC1. The van der Waals surface area contributed by atoms with Gasteiger partial charge in [0.1, 0.15) is 23.1 Å². The molecule has 2 aromatic heterocycles. The number of ether oxygens (including phenoxy) is 2. The molecule has 53 heavy (non-hydrogen) atoms. The summed E-state index contributed by atoms with van der Waals surface area (Å²) in [5, 5.41) is 16.6. The standard InChI is InChI=1S/C39H48N8O6/c1-45-21-30(29-20-40-44-37(29)39(45)51)26-18-33(52-2)31(34(19-26)53-3)22-46-16-12-28(13-17-46)42-36(49)23-47-14-10-25(11-15-47)24-4-6-27(7-5-24)41-32-8-9-35(48)43-38(32)50/h4-7,18-21,25,28,32,41H,8-17,22-23H2,1-3H3,(H,40,44)(H,42,49)(H,43,48,50). The van der Waals surface area contributed by atoms with Crippen molar-refractivity contribution in [2.75, 3.05) is 52.3 Å². The first kappa shape index (κ1) is 36.2. The first-order chi connectivity index (χ1) is 25.7. The Hall–Kier alpha value is -5.21. The van der Waals surface area contributed by atoms with Crippen LogP contribution in [0, 0.1) is 0 Å². The quantitative estimate of drug-likeness (QED) is 0.169. The van der Waals surface area contributed by atoms with Crippen molar-refractivity contribution in [2.45, 2.75) is 63.1 Å². The molecule has 280 valence electrons. The molecular formula is C39H48N8O6. The van der Waals surface area contributed by atoms with Crippen LogP contribution in [0.4, 0.5) is 5.69 Å². The fourth-order valence-corrected chi connectivity index (χ4v) is 7.92. The van der Waals surface area contributed by atoms with Crippen molar-refractivity contribution in [3.8, 4) is 22.6 Å². The van der Waals surface area contributed by atoms with Gasteiger partial charge in [-0.05, 0) is 86.5 Å². The molecular weight excluding hydrogens is 676 g/mol. The molecule has 3 aliphatic rings. The van der Waals surface area contributed by atoms with Gasteiger partial charge in [0.2, 0.25) is 17.7 Å². The topological polar surface area (TPSA) is 163 Å². The lowest BCUT2D eigenvalue weighted by Gasteiger charge is -2.34. The van der Waals surface area contributed by atoms with E-state index in [0.29, 0.717) is 48.9 Å². The predicted octanol–water partition coefficient (Wildman–Crippen LogP) is 3.12. The zero-order chi connectivity index (χ0) is 37.1. The molecule has 1 unspecified atom stereocenters. The van der Waals surface area contributed by atoms with Crippen LogP contribution in [0.1, 0.15) is 55.6 Å². The molecule has 3 amide bonds. The Morgan fingerprint density at radius 1 is 0.925 bits per heavy atom. The average molecular weight is 725 g/mol. The number of carbonyl (C=O) groups excluding carboxylic acids is 3. The number of aromatic amines is 1. The maximum Gasteiger partial charge on any atom is 0.276 e. The zero-order valence-electron chi connectivity index (χ0n) is 30.6. The van der Waals surface area contributed by atoms with Gasteiger partial charge in [0.05, 0.1) is 32.5 Å². The van der Waals surface area contributed by atoms with E-state index in [9.17, 15) is 19.2 Å². The summed E-state index contributed by atoms with van der Waals surface area (Å²) in [7, 11) is 5.03. The van der Waals surface area contributed by atoms with E-state index in [0.717, 1.165) is 79.6 Å². The Labute approximate surface area is 308 Å². The Morgan fingerprint density at radius 3 is 2.26 bits per heavy atom. The monoisotopic (exact) mass is 724 g/mol. The molecule has 7 rings (SSSR count). The molecule has 4 aromatic rings. The number of pyridine rings is 1. The molecule has 3 aliphatic heterocycles. The fraction of sp³-hybridized carbons (Fsp3) is 0.462. The molecule has 0 bridgehead atoms.